The molecule has 8 heteroatoms. The van der Waals surface area contributed by atoms with E-state index in [1.54, 1.807) is 16.8 Å². The van der Waals surface area contributed by atoms with E-state index in [1.807, 2.05) is 67.2 Å². The van der Waals surface area contributed by atoms with Gasteiger partial charge in [-0.3, -0.25) is 14.2 Å². The lowest BCUT2D eigenvalue weighted by molar-refractivity contribution is 0.102. The Hall–Kier alpha value is -3.09. The number of halogens is 2. The van der Waals surface area contributed by atoms with Crippen LogP contribution in [0.15, 0.2) is 60.8 Å². The number of nitrogens with one attached hydrogen (secondary N) is 1. The van der Waals surface area contributed by atoms with Crippen LogP contribution in [0.2, 0.25) is 10.0 Å². The van der Waals surface area contributed by atoms with Gasteiger partial charge in [0, 0.05) is 22.8 Å². The minimum Gasteiger partial charge on any atom is -0.305 e. The molecule has 4 rings (SSSR count). The van der Waals surface area contributed by atoms with E-state index in [4.69, 9.17) is 23.2 Å². The number of rotatable bonds is 6. The number of amides is 1. The molecule has 0 spiro atoms. The van der Waals surface area contributed by atoms with Gasteiger partial charge in [0.1, 0.15) is 0 Å². The zero-order valence-corrected chi connectivity index (χ0v) is 18.7. The lowest BCUT2D eigenvalue weighted by atomic mass is 10.1. The van der Waals surface area contributed by atoms with Gasteiger partial charge >= 0.3 is 0 Å². The number of carbonyl (C=O) groups is 1. The predicted molar refractivity (Wildman–Crippen MR) is 123 cm³/mol. The summed E-state index contributed by atoms with van der Waals surface area (Å²) >= 11 is 12.4. The summed E-state index contributed by atoms with van der Waals surface area (Å²) in [7, 11) is 0. The second kappa shape index (κ2) is 8.96. The maximum Gasteiger partial charge on any atom is 0.256 e. The molecule has 0 radical (unpaired) electrons. The van der Waals surface area contributed by atoms with Gasteiger partial charge in [0.25, 0.3) is 5.91 Å². The monoisotopic (exact) mass is 453 g/mol. The Kier molecular flexibility index (Phi) is 6.11. The standard InChI is InChI=1S/C23H21Cl2N5O/c1-15-22(25)16(2)30(27-15)13-17-6-5-8-18(12-17)23(31)26-21-10-11-29(28-21)14-19-7-3-4-9-20(19)24/h3-12H,13-14H2,1-2H3,(H,26,28,31). The highest BCUT2D eigenvalue weighted by atomic mass is 35.5. The number of nitrogens with zero attached hydrogens (tertiary/aromatic N) is 4. The Morgan fingerprint density at radius 1 is 1.00 bits per heavy atom. The fourth-order valence-corrected chi connectivity index (χ4v) is 3.65. The molecule has 0 saturated carbocycles. The summed E-state index contributed by atoms with van der Waals surface area (Å²) in [6, 6.07) is 16.8. The maximum absolute atomic E-state index is 12.7. The molecule has 0 unspecified atom stereocenters. The van der Waals surface area contributed by atoms with Crippen LogP contribution in [0, 0.1) is 13.8 Å². The average Bonchev–Trinajstić information content (AvgIpc) is 3.29. The molecule has 0 aliphatic carbocycles. The van der Waals surface area contributed by atoms with E-state index >= 15 is 0 Å². The summed E-state index contributed by atoms with van der Waals surface area (Å²) in [5.41, 5.74) is 4.16. The van der Waals surface area contributed by atoms with Crippen molar-refractivity contribution in [2.75, 3.05) is 5.32 Å². The summed E-state index contributed by atoms with van der Waals surface area (Å²) in [5.74, 6) is 0.254. The van der Waals surface area contributed by atoms with E-state index in [0.717, 1.165) is 22.5 Å². The summed E-state index contributed by atoms with van der Waals surface area (Å²) < 4.78 is 3.57. The average molecular weight is 454 g/mol. The van der Waals surface area contributed by atoms with Crippen LogP contribution in [0.3, 0.4) is 0 Å². The third-order valence-electron chi connectivity index (χ3n) is 4.99. The third kappa shape index (κ3) is 4.81. The number of benzene rings is 2. The van der Waals surface area contributed by atoms with Crippen molar-refractivity contribution in [1.82, 2.24) is 19.6 Å². The zero-order chi connectivity index (χ0) is 22.0. The predicted octanol–water partition coefficient (Wildman–Crippen LogP) is 5.35. The number of hydrogen-bond acceptors (Lipinski definition) is 3. The Morgan fingerprint density at radius 3 is 2.55 bits per heavy atom. The van der Waals surface area contributed by atoms with Crippen molar-refractivity contribution in [2.24, 2.45) is 0 Å². The Morgan fingerprint density at radius 2 is 1.81 bits per heavy atom. The summed E-state index contributed by atoms with van der Waals surface area (Å²) in [6.07, 6.45) is 1.81. The third-order valence-corrected chi connectivity index (χ3v) is 5.90. The van der Waals surface area contributed by atoms with Gasteiger partial charge in [-0.05, 0) is 43.2 Å². The topological polar surface area (TPSA) is 64.7 Å². The van der Waals surface area contributed by atoms with Crippen LogP contribution in [0.4, 0.5) is 5.82 Å². The van der Waals surface area contributed by atoms with E-state index in [1.165, 1.54) is 0 Å². The van der Waals surface area contributed by atoms with E-state index in [-0.39, 0.29) is 5.91 Å². The molecule has 0 fully saturated rings. The van der Waals surface area contributed by atoms with E-state index in [0.29, 0.717) is 34.5 Å². The molecule has 2 aromatic heterocycles. The van der Waals surface area contributed by atoms with Crippen molar-refractivity contribution < 1.29 is 4.79 Å². The summed E-state index contributed by atoms with van der Waals surface area (Å²) in [5, 5.41) is 13.1. The zero-order valence-electron chi connectivity index (χ0n) is 17.1. The first kappa shape index (κ1) is 21.2. The smallest absolute Gasteiger partial charge is 0.256 e. The van der Waals surface area contributed by atoms with Crippen molar-refractivity contribution in [3.63, 3.8) is 0 Å². The molecule has 6 nitrogen and oxygen atoms in total. The maximum atomic E-state index is 12.7. The van der Waals surface area contributed by atoms with Crippen LogP contribution in [0.1, 0.15) is 32.9 Å². The van der Waals surface area contributed by atoms with Crippen LogP contribution >= 0.6 is 23.2 Å². The largest absolute Gasteiger partial charge is 0.305 e. The summed E-state index contributed by atoms with van der Waals surface area (Å²) in [6.45, 7) is 4.86. The molecule has 1 amide bonds. The van der Waals surface area contributed by atoms with Gasteiger partial charge in [-0.15, -0.1) is 0 Å². The second-order valence-corrected chi connectivity index (χ2v) is 8.07. The molecule has 2 aromatic carbocycles. The second-order valence-electron chi connectivity index (χ2n) is 7.29. The number of aromatic nitrogens is 4. The van der Waals surface area contributed by atoms with Crippen molar-refractivity contribution in [3.05, 3.63) is 98.9 Å². The molecule has 0 atom stereocenters. The molecule has 4 aromatic rings. The lowest BCUT2D eigenvalue weighted by Crippen LogP contribution is -2.14. The first-order valence-electron chi connectivity index (χ1n) is 9.77. The highest BCUT2D eigenvalue weighted by Crippen LogP contribution is 2.20. The van der Waals surface area contributed by atoms with Crippen molar-refractivity contribution >= 4 is 34.9 Å². The van der Waals surface area contributed by atoms with Crippen LogP contribution in [0.25, 0.3) is 0 Å². The van der Waals surface area contributed by atoms with Crippen molar-refractivity contribution in [1.29, 1.82) is 0 Å². The van der Waals surface area contributed by atoms with Crippen molar-refractivity contribution in [2.45, 2.75) is 26.9 Å². The van der Waals surface area contributed by atoms with Crippen LogP contribution in [-0.2, 0) is 13.1 Å². The van der Waals surface area contributed by atoms with Crippen LogP contribution in [-0.4, -0.2) is 25.5 Å². The van der Waals surface area contributed by atoms with Gasteiger partial charge < -0.3 is 5.32 Å². The normalized spacial score (nSPS) is 11.0. The quantitative estimate of drug-likeness (QED) is 0.427. The molecule has 0 saturated heterocycles. The molecule has 31 heavy (non-hydrogen) atoms. The molecule has 0 aliphatic heterocycles. The number of carbonyl (C=O) groups excluding carboxylic acids is 1. The molecule has 2 heterocycles. The number of hydrogen-bond donors (Lipinski definition) is 1. The Bertz CT molecular complexity index is 1240. The van der Waals surface area contributed by atoms with Gasteiger partial charge in [-0.2, -0.15) is 10.2 Å². The molecule has 1 N–H and O–H groups in total. The SMILES string of the molecule is Cc1nn(Cc2cccc(C(=O)Nc3ccn(Cc4ccccc4Cl)n3)c2)c(C)c1Cl. The highest BCUT2D eigenvalue weighted by molar-refractivity contribution is 6.32. The fraction of sp³-hybridized carbons (Fsp3) is 0.174. The molecular weight excluding hydrogens is 433 g/mol. The minimum absolute atomic E-state index is 0.226. The Balaban J connectivity index is 1.44. The van der Waals surface area contributed by atoms with Crippen LogP contribution in [0.5, 0.6) is 0 Å². The number of anilines is 1. The van der Waals surface area contributed by atoms with Crippen LogP contribution < -0.4 is 5.32 Å². The van der Waals surface area contributed by atoms with E-state index < -0.39 is 0 Å². The van der Waals surface area contributed by atoms with Gasteiger partial charge in [0.05, 0.1) is 29.5 Å². The molecular formula is C23H21Cl2N5O. The van der Waals surface area contributed by atoms with E-state index in [2.05, 4.69) is 15.5 Å². The number of aryl methyl sites for hydroxylation is 1. The highest BCUT2D eigenvalue weighted by Gasteiger charge is 2.12. The Labute approximate surface area is 190 Å². The van der Waals surface area contributed by atoms with E-state index in [9.17, 15) is 4.79 Å². The molecule has 0 aliphatic rings. The van der Waals surface area contributed by atoms with Crippen molar-refractivity contribution in [3.8, 4) is 0 Å². The summed E-state index contributed by atoms with van der Waals surface area (Å²) in [4.78, 5) is 12.7. The van der Waals surface area contributed by atoms with Gasteiger partial charge in [-0.1, -0.05) is 53.5 Å². The first-order chi connectivity index (χ1) is 14.9. The lowest BCUT2D eigenvalue weighted by Gasteiger charge is -2.08. The van der Waals surface area contributed by atoms with Gasteiger partial charge in [0.2, 0.25) is 0 Å². The molecule has 0 bridgehead atoms. The van der Waals surface area contributed by atoms with Gasteiger partial charge in [0.15, 0.2) is 5.82 Å². The fourth-order valence-electron chi connectivity index (χ4n) is 3.32. The molecule has 158 valence electrons. The minimum atomic E-state index is -0.226. The van der Waals surface area contributed by atoms with Gasteiger partial charge in [-0.25, -0.2) is 0 Å². The first-order valence-corrected chi connectivity index (χ1v) is 10.5.